The zero-order valence-electron chi connectivity index (χ0n) is 13.1. The number of imidazole rings is 1. The fourth-order valence-corrected chi connectivity index (χ4v) is 2.05. The number of halogens is 1. The number of benzene rings is 1. The summed E-state index contributed by atoms with van der Waals surface area (Å²) in [5.41, 5.74) is 2.54. The molecule has 3 aromatic rings. The van der Waals surface area contributed by atoms with E-state index in [2.05, 4.69) is 21.8 Å². The predicted octanol–water partition coefficient (Wildman–Crippen LogP) is 2.89. The largest absolute Gasteiger partial charge is 0.481 e. The average molecular weight is 325 g/mol. The van der Waals surface area contributed by atoms with Crippen LogP contribution in [0.15, 0.2) is 48.8 Å². The third-order valence-corrected chi connectivity index (χ3v) is 2.94. The molecule has 0 fully saturated rings. The van der Waals surface area contributed by atoms with Crippen LogP contribution in [0.2, 0.25) is 0 Å². The normalized spacial score (nSPS) is 9.58. The molecular weight excluding hydrogens is 309 g/mol. The van der Waals surface area contributed by atoms with Gasteiger partial charge >= 0.3 is 0 Å². The van der Waals surface area contributed by atoms with Crippen molar-refractivity contribution in [2.24, 2.45) is 0 Å². The van der Waals surface area contributed by atoms with Crippen molar-refractivity contribution in [2.75, 3.05) is 6.67 Å². The van der Waals surface area contributed by atoms with Gasteiger partial charge in [0.15, 0.2) is 5.82 Å². The second kappa shape index (κ2) is 8.44. The molecule has 0 saturated carbocycles. The summed E-state index contributed by atoms with van der Waals surface area (Å²) in [5.74, 6) is 5.74. The first-order chi connectivity index (χ1) is 11.6. The fraction of sp³-hybridized carbons (Fsp3) is 0.167. The lowest BCUT2D eigenvalue weighted by Crippen LogP contribution is -2.02. The molecule has 0 atom stereocenters. The molecular formula is C18H16FN3O2. The molecule has 1 aromatic carbocycles. The van der Waals surface area contributed by atoms with Crippen molar-refractivity contribution in [3.63, 3.8) is 0 Å². The third kappa shape index (κ3) is 4.65. The summed E-state index contributed by atoms with van der Waals surface area (Å²) in [7, 11) is 0. The Balaban J connectivity index is 0.000000471. The molecule has 0 amide bonds. The highest BCUT2D eigenvalue weighted by atomic mass is 19.1. The predicted molar refractivity (Wildman–Crippen MR) is 89.2 cm³/mol. The Morgan fingerprint density at radius 1 is 1.25 bits per heavy atom. The topological polar surface area (TPSA) is 68.0 Å². The standard InChI is InChI=1S/C16H12FN3.C2H4O2/c17-9-11-20-15-6-2-1-5-14(15)19-16(20)8-7-13-4-3-10-18-12-13;1-2(3)4/h1-6,10,12H,9,11H2;1H3,(H,3,4). The minimum absolute atomic E-state index is 0.261. The minimum Gasteiger partial charge on any atom is -0.481 e. The Morgan fingerprint density at radius 3 is 2.67 bits per heavy atom. The maximum atomic E-state index is 12.7. The molecule has 0 radical (unpaired) electrons. The number of pyridine rings is 1. The van der Waals surface area contributed by atoms with Gasteiger partial charge in [-0.05, 0) is 30.2 Å². The second-order valence-electron chi connectivity index (χ2n) is 4.78. The van der Waals surface area contributed by atoms with E-state index in [1.165, 1.54) is 0 Å². The SMILES string of the molecule is CC(=O)O.FCCn1c(C#Cc2cccnc2)nc2ccccc21. The summed E-state index contributed by atoms with van der Waals surface area (Å²) in [6.07, 6.45) is 3.39. The highest BCUT2D eigenvalue weighted by Gasteiger charge is 2.07. The van der Waals surface area contributed by atoms with E-state index in [0.29, 0.717) is 5.82 Å². The van der Waals surface area contributed by atoms with Gasteiger partial charge in [-0.25, -0.2) is 9.37 Å². The third-order valence-electron chi connectivity index (χ3n) is 2.94. The summed E-state index contributed by atoms with van der Waals surface area (Å²) < 4.78 is 14.5. The number of aromatic nitrogens is 3. The van der Waals surface area contributed by atoms with Crippen LogP contribution >= 0.6 is 0 Å². The number of aryl methyl sites for hydroxylation is 1. The van der Waals surface area contributed by atoms with E-state index in [4.69, 9.17) is 9.90 Å². The second-order valence-corrected chi connectivity index (χ2v) is 4.78. The molecule has 0 bridgehead atoms. The average Bonchev–Trinajstić information content (AvgIpc) is 2.92. The Hall–Kier alpha value is -3.20. The van der Waals surface area contributed by atoms with E-state index in [9.17, 15) is 4.39 Å². The Morgan fingerprint density at radius 2 is 2.00 bits per heavy atom. The molecule has 1 N–H and O–H groups in total. The van der Waals surface area contributed by atoms with Crippen LogP contribution in [0.1, 0.15) is 18.3 Å². The van der Waals surface area contributed by atoms with E-state index in [1.54, 1.807) is 17.0 Å². The Bertz CT molecular complexity index is 875. The monoisotopic (exact) mass is 325 g/mol. The lowest BCUT2D eigenvalue weighted by Gasteiger charge is -2.01. The van der Waals surface area contributed by atoms with Crippen LogP contribution in [0, 0.1) is 11.8 Å². The molecule has 5 nitrogen and oxygen atoms in total. The molecule has 0 aliphatic carbocycles. The van der Waals surface area contributed by atoms with Crippen molar-refractivity contribution >= 4 is 17.0 Å². The van der Waals surface area contributed by atoms with Gasteiger partial charge in [-0.1, -0.05) is 18.1 Å². The summed E-state index contributed by atoms with van der Waals surface area (Å²) in [5, 5.41) is 7.42. The van der Waals surface area contributed by atoms with Crippen molar-refractivity contribution in [3.05, 3.63) is 60.2 Å². The number of carboxylic acids is 1. The van der Waals surface area contributed by atoms with Crippen LogP contribution in [0.5, 0.6) is 0 Å². The summed E-state index contributed by atoms with van der Waals surface area (Å²) in [4.78, 5) is 17.5. The molecule has 0 saturated heterocycles. The summed E-state index contributed by atoms with van der Waals surface area (Å²) >= 11 is 0. The lowest BCUT2D eigenvalue weighted by atomic mass is 10.3. The van der Waals surface area contributed by atoms with Crippen LogP contribution in [-0.4, -0.2) is 32.3 Å². The van der Waals surface area contributed by atoms with Gasteiger partial charge in [0.2, 0.25) is 0 Å². The van der Waals surface area contributed by atoms with E-state index >= 15 is 0 Å². The summed E-state index contributed by atoms with van der Waals surface area (Å²) in [6.45, 7) is 0.902. The number of hydrogen-bond donors (Lipinski definition) is 1. The number of carbonyl (C=O) groups is 1. The van der Waals surface area contributed by atoms with Crippen LogP contribution in [0.4, 0.5) is 4.39 Å². The molecule has 0 aliphatic heterocycles. The number of para-hydroxylation sites is 2. The van der Waals surface area contributed by atoms with Gasteiger partial charge in [0.25, 0.3) is 5.97 Å². The number of hydrogen-bond acceptors (Lipinski definition) is 3. The molecule has 3 rings (SSSR count). The van der Waals surface area contributed by atoms with E-state index < -0.39 is 12.6 Å². The van der Waals surface area contributed by atoms with Crippen molar-refractivity contribution in [2.45, 2.75) is 13.5 Å². The van der Waals surface area contributed by atoms with Crippen LogP contribution in [-0.2, 0) is 11.3 Å². The molecule has 2 aromatic heterocycles. The number of nitrogens with zero attached hydrogens (tertiary/aromatic N) is 3. The number of aliphatic carboxylic acids is 1. The fourth-order valence-electron chi connectivity index (χ4n) is 2.05. The van der Waals surface area contributed by atoms with Crippen LogP contribution < -0.4 is 0 Å². The highest BCUT2D eigenvalue weighted by Crippen LogP contribution is 2.15. The number of carboxylic acid groups (broad SMARTS) is 1. The van der Waals surface area contributed by atoms with E-state index in [0.717, 1.165) is 23.5 Å². The number of rotatable bonds is 2. The van der Waals surface area contributed by atoms with Gasteiger partial charge in [0.05, 0.1) is 17.6 Å². The molecule has 0 aliphatic rings. The zero-order chi connectivity index (χ0) is 17.4. The Labute approximate surface area is 138 Å². The van der Waals surface area contributed by atoms with Crippen molar-refractivity contribution in [1.29, 1.82) is 0 Å². The molecule has 122 valence electrons. The highest BCUT2D eigenvalue weighted by molar-refractivity contribution is 5.76. The van der Waals surface area contributed by atoms with Gasteiger partial charge < -0.3 is 9.67 Å². The molecule has 24 heavy (non-hydrogen) atoms. The van der Waals surface area contributed by atoms with Crippen molar-refractivity contribution < 1.29 is 14.3 Å². The zero-order valence-corrected chi connectivity index (χ0v) is 13.1. The quantitative estimate of drug-likeness (QED) is 0.736. The molecule has 0 spiro atoms. The van der Waals surface area contributed by atoms with Crippen molar-refractivity contribution in [3.8, 4) is 11.8 Å². The number of fused-ring (bicyclic) bond motifs is 1. The first-order valence-electron chi connectivity index (χ1n) is 7.24. The van der Waals surface area contributed by atoms with Gasteiger partial charge in [-0.3, -0.25) is 9.78 Å². The first-order valence-corrected chi connectivity index (χ1v) is 7.24. The molecule has 0 unspecified atom stereocenters. The van der Waals surface area contributed by atoms with Gasteiger partial charge in [-0.15, -0.1) is 0 Å². The maximum absolute atomic E-state index is 12.7. The van der Waals surface area contributed by atoms with Gasteiger partial charge in [0.1, 0.15) is 6.67 Å². The smallest absolute Gasteiger partial charge is 0.300 e. The maximum Gasteiger partial charge on any atom is 0.300 e. The van der Waals surface area contributed by atoms with E-state index in [1.807, 2.05) is 36.4 Å². The van der Waals surface area contributed by atoms with E-state index in [-0.39, 0.29) is 6.54 Å². The number of alkyl halides is 1. The van der Waals surface area contributed by atoms with Gasteiger partial charge in [0, 0.05) is 24.9 Å². The molecule has 6 heteroatoms. The van der Waals surface area contributed by atoms with Crippen LogP contribution in [0.25, 0.3) is 11.0 Å². The van der Waals surface area contributed by atoms with Crippen LogP contribution in [0.3, 0.4) is 0 Å². The Kier molecular flexibility index (Phi) is 6.03. The van der Waals surface area contributed by atoms with Crippen molar-refractivity contribution in [1.82, 2.24) is 14.5 Å². The van der Waals surface area contributed by atoms with Gasteiger partial charge in [-0.2, -0.15) is 0 Å². The lowest BCUT2D eigenvalue weighted by molar-refractivity contribution is -0.134. The first kappa shape index (κ1) is 17.2. The molecule has 2 heterocycles. The minimum atomic E-state index is -0.833. The summed E-state index contributed by atoms with van der Waals surface area (Å²) in [6, 6.07) is 11.4.